The second-order valence-electron chi connectivity index (χ2n) is 4.80. The third kappa shape index (κ3) is 5.13. The first kappa shape index (κ1) is 17.1. The van der Waals surface area contributed by atoms with Crippen LogP contribution in [-0.4, -0.2) is 11.8 Å². The highest BCUT2D eigenvalue weighted by atomic mass is 35.5. The molecule has 0 saturated carbocycles. The number of carbonyl (C=O) groups excluding carboxylic acids is 2. The Morgan fingerprint density at radius 3 is 2.52 bits per heavy atom. The maximum atomic E-state index is 11.8. The standard InChI is InChI=1S/C17H14Cl2N2O2/c1-11-5-6-12(9-15(11)19)7-8-16(22)20-21-17(23)13-3-2-4-14(18)10-13/h2-10H,1H3,(H,20,22)(H,21,23)/b8-7+. The number of benzene rings is 2. The van der Waals surface area contributed by atoms with Crippen LogP contribution in [0.25, 0.3) is 6.08 Å². The molecular formula is C17H14Cl2N2O2. The molecule has 0 radical (unpaired) electrons. The van der Waals surface area contributed by atoms with E-state index in [0.717, 1.165) is 11.1 Å². The van der Waals surface area contributed by atoms with E-state index >= 15 is 0 Å². The van der Waals surface area contributed by atoms with Crippen molar-refractivity contribution >= 4 is 41.1 Å². The van der Waals surface area contributed by atoms with Gasteiger partial charge in [0.05, 0.1) is 0 Å². The van der Waals surface area contributed by atoms with Crippen molar-refractivity contribution in [3.05, 3.63) is 75.3 Å². The highest BCUT2D eigenvalue weighted by Gasteiger charge is 2.06. The summed E-state index contributed by atoms with van der Waals surface area (Å²) < 4.78 is 0. The van der Waals surface area contributed by atoms with E-state index in [0.29, 0.717) is 15.6 Å². The van der Waals surface area contributed by atoms with E-state index < -0.39 is 11.8 Å². The Bertz CT molecular complexity index is 773. The first-order chi connectivity index (χ1) is 11.0. The minimum atomic E-state index is -0.461. The van der Waals surface area contributed by atoms with Gasteiger partial charge in [-0.25, -0.2) is 0 Å². The summed E-state index contributed by atoms with van der Waals surface area (Å²) in [6.07, 6.45) is 2.91. The van der Waals surface area contributed by atoms with Gasteiger partial charge in [0.1, 0.15) is 0 Å². The van der Waals surface area contributed by atoms with Crippen LogP contribution in [0.2, 0.25) is 10.0 Å². The van der Waals surface area contributed by atoms with Gasteiger partial charge in [-0.3, -0.25) is 20.4 Å². The van der Waals surface area contributed by atoms with Crippen LogP contribution in [0.1, 0.15) is 21.5 Å². The molecule has 0 aliphatic heterocycles. The average molecular weight is 349 g/mol. The van der Waals surface area contributed by atoms with Crippen molar-refractivity contribution in [1.29, 1.82) is 0 Å². The van der Waals surface area contributed by atoms with Crippen molar-refractivity contribution in [2.75, 3.05) is 0 Å². The Morgan fingerprint density at radius 1 is 1.04 bits per heavy atom. The van der Waals surface area contributed by atoms with Crippen LogP contribution in [-0.2, 0) is 4.79 Å². The van der Waals surface area contributed by atoms with Gasteiger partial charge in [0.25, 0.3) is 11.8 Å². The van der Waals surface area contributed by atoms with E-state index in [1.807, 2.05) is 19.1 Å². The molecule has 0 unspecified atom stereocenters. The van der Waals surface area contributed by atoms with Crippen LogP contribution < -0.4 is 10.9 Å². The molecule has 118 valence electrons. The third-order valence-electron chi connectivity index (χ3n) is 3.01. The van der Waals surface area contributed by atoms with Gasteiger partial charge in [0.2, 0.25) is 0 Å². The zero-order valence-electron chi connectivity index (χ0n) is 12.3. The fraction of sp³-hybridized carbons (Fsp3) is 0.0588. The van der Waals surface area contributed by atoms with Crippen LogP contribution in [0.15, 0.2) is 48.5 Å². The van der Waals surface area contributed by atoms with Gasteiger partial charge in [0, 0.05) is 21.7 Å². The van der Waals surface area contributed by atoms with Gasteiger partial charge in [-0.15, -0.1) is 0 Å². The molecule has 0 spiro atoms. The normalized spacial score (nSPS) is 10.6. The molecule has 2 amide bonds. The third-order valence-corrected chi connectivity index (χ3v) is 3.65. The molecule has 2 aromatic rings. The summed E-state index contributed by atoms with van der Waals surface area (Å²) in [5.74, 6) is -0.912. The summed E-state index contributed by atoms with van der Waals surface area (Å²) in [6.45, 7) is 1.90. The van der Waals surface area contributed by atoms with Gasteiger partial charge in [-0.05, 0) is 48.4 Å². The van der Waals surface area contributed by atoms with E-state index in [1.165, 1.54) is 12.1 Å². The van der Waals surface area contributed by atoms with Crippen molar-refractivity contribution in [1.82, 2.24) is 10.9 Å². The highest BCUT2D eigenvalue weighted by molar-refractivity contribution is 6.31. The Kier molecular flexibility index (Phi) is 5.79. The van der Waals surface area contributed by atoms with Gasteiger partial charge < -0.3 is 0 Å². The minimum Gasteiger partial charge on any atom is -0.268 e. The smallest absolute Gasteiger partial charge is 0.268 e. The molecule has 0 fully saturated rings. The first-order valence-corrected chi connectivity index (χ1v) is 7.51. The quantitative estimate of drug-likeness (QED) is 0.655. The maximum Gasteiger partial charge on any atom is 0.269 e. The van der Waals surface area contributed by atoms with E-state index in [-0.39, 0.29) is 0 Å². The van der Waals surface area contributed by atoms with Gasteiger partial charge in [-0.1, -0.05) is 41.4 Å². The van der Waals surface area contributed by atoms with Crippen molar-refractivity contribution in [2.24, 2.45) is 0 Å². The summed E-state index contributed by atoms with van der Waals surface area (Å²) >= 11 is 11.8. The Hall–Kier alpha value is -2.30. The van der Waals surface area contributed by atoms with Crippen LogP contribution in [0.5, 0.6) is 0 Å². The van der Waals surface area contributed by atoms with E-state index in [1.54, 1.807) is 30.3 Å². The van der Waals surface area contributed by atoms with Gasteiger partial charge >= 0.3 is 0 Å². The summed E-state index contributed by atoms with van der Waals surface area (Å²) in [4.78, 5) is 23.5. The SMILES string of the molecule is Cc1ccc(/C=C/C(=O)NNC(=O)c2cccc(Cl)c2)cc1Cl. The molecule has 0 saturated heterocycles. The number of rotatable bonds is 3. The molecule has 0 aliphatic carbocycles. The molecule has 0 heterocycles. The lowest BCUT2D eigenvalue weighted by molar-refractivity contribution is -0.117. The van der Waals surface area contributed by atoms with E-state index in [2.05, 4.69) is 10.9 Å². The minimum absolute atomic E-state index is 0.354. The zero-order chi connectivity index (χ0) is 16.8. The Morgan fingerprint density at radius 2 is 1.83 bits per heavy atom. The van der Waals surface area contributed by atoms with Crippen molar-refractivity contribution < 1.29 is 9.59 Å². The molecule has 0 aliphatic rings. The van der Waals surface area contributed by atoms with Gasteiger partial charge in [0.15, 0.2) is 0 Å². The van der Waals surface area contributed by atoms with E-state index in [4.69, 9.17) is 23.2 Å². The molecule has 23 heavy (non-hydrogen) atoms. The fourth-order valence-electron chi connectivity index (χ4n) is 1.75. The van der Waals surface area contributed by atoms with Crippen LogP contribution in [0.4, 0.5) is 0 Å². The Labute approximate surface area is 144 Å². The maximum absolute atomic E-state index is 11.8. The molecule has 2 rings (SSSR count). The lowest BCUT2D eigenvalue weighted by Crippen LogP contribution is -2.40. The molecule has 0 atom stereocenters. The second kappa shape index (κ2) is 7.81. The Balaban J connectivity index is 1.90. The van der Waals surface area contributed by atoms with Crippen LogP contribution in [0.3, 0.4) is 0 Å². The molecule has 4 nitrogen and oxygen atoms in total. The van der Waals surface area contributed by atoms with Crippen molar-refractivity contribution in [3.63, 3.8) is 0 Å². The second-order valence-corrected chi connectivity index (χ2v) is 5.64. The lowest BCUT2D eigenvalue weighted by Gasteiger charge is -2.05. The van der Waals surface area contributed by atoms with Crippen molar-refractivity contribution in [3.8, 4) is 0 Å². The number of hydrogen-bond donors (Lipinski definition) is 2. The highest BCUT2D eigenvalue weighted by Crippen LogP contribution is 2.17. The van der Waals surface area contributed by atoms with Crippen LogP contribution in [0, 0.1) is 6.92 Å². The van der Waals surface area contributed by atoms with E-state index in [9.17, 15) is 9.59 Å². The number of hydrazine groups is 1. The summed E-state index contributed by atoms with van der Waals surface area (Å²) in [5, 5.41) is 1.07. The number of carbonyl (C=O) groups is 2. The molecule has 2 N–H and O–H groups in total. The summed E-state index contributed by atoms with van der Waals surface area (Å²) in [7, 11) is 0. The average Bonchev–Trinajstić information content (AvgIpc) is 2.53. The molecule has 6 heteroatoms. The summed E-state index contributed by atoms with van der Waals surface area (Å²) in [5.41, 5.74) is 6.71. The molecule has 0 bridgehead atoms. The molecule has 2 aromatic carbocycles. The predicted octanol–water partition coefficient (Wildman–Crippen LogP) is 3.78. The number of aryl methyl sites for hydroxylation is 1. The monoisotopic (exact) mass is 348 g/mol. The predicted molar refractivity (Wildman–Crippen MR) is 92.3 cm³/mol. The summed E-state index contributed by atoms with van der Waals surface area (Å²) in [6, 6.07) is 11.9. The fourth-order valence-corrected chi connectivity index (χ4v) is 2.13. The van der Waals surface area contributed by atoms with Crippen molar-refractivity contribution in [2.45, 2.75) is 6.92 Å². The van der Waals surface area contributed by atoms with Crippen LogP contribution >= 0.6 is 23.2 Å². The number of hydrogen-bond acceptors (Lipinski definition) is 2. The lowest BCUT2D eigenvalue weighted by atomic mass is 10.1. The largest absolute Gasteiger partial charge is 0.269 e. The topological polar surface area (TPSA) is 58.2 Å². The number of amides is 2. The van der Waals surface area contributed by atoms with Gasteiger partial charge in [-0.2, -0.15) is 0 Å². The first-order valence-electron chi connectivity index (χ1n) is 6.76. The molecular weight excluding hydrogens is 335 g/mol. The molecule has 0 aromatic heterocycles. The number of nitrogens with one attached hydrogen (secondary N) is 2. The number of halogens is 2. The zero-order valence-corrected chi connectivity index (χ0v) is 13.8.